The SMILES string of the molecule is COC(=O)[C@H]1C[C@]1(N(C(C)C)C(C)C)C(C)(C)C. The third-order valence-electron chi connectivity index (χ3n) is 4.29. The Morgan fingerprint density at radius 1 is 1.22 bits per heavy atom. The van der Waals surface area contributed by atoms with Gasteiger partial charge in [-0.1, -0.05) is 20.8 Å². The topological polar surface area (TPSA) is 29.5 Å². The zero-order valence-corrected chi connectivity index (χ0v) is 13.2. The van der Waals surface area contributed by atoms with E-state index in [1.807, 2.05) is 0 Å². The predicted octanol–water partition coefficient (Wildman–Crippen LogP) is 3.08. The standard InChI is InChI=1S/C15H29NO2/c1-10(2)16(11(3)4)15(14(5,6)7)9-12(15)13(17)18-8/h10-12H,9H2,1-8H3/t12-,15-/m1/s1. The van der Waals surface area contributed by atoms with Crippen molar-refractivity contribution in [1.82, 2.24) is 4.90 Å². The Kier molecular flexibility index (Phi) is 4.16. The summed E-state index contributed by atoms with van der Waals surface area (Å²) in [6, 6.07) is 0.859. The first-order chi connectivity index (χ1) is 8.09. The molecular weight excluding hydrogens is 226 g/mol. The second-order valence-corrected chi connectivity index (χ2v) is 7.05. The van der Waals surface area contributed by atoms with E-state index in [1.165, 1.54) is 7.11 Å². The van der Waals surface area contributed by atoms with Gasteiger partial charge in [0.05, 0.1) is 13.0 Å². The van der Waals surface area contributed by atoms with Crippen LogP contribution in [0.25, 0.3) is 0 Å². The molecule has 0 saturated heterocycles. The molecule has 3 nitrogen and oxygen atoms in total. The summed E-state index contributed by atoms with van der Waals surface area (Å²) < 4.78 is 4.97. The van der Waals surface area contributed by atoms with Crippen LogP contribution in [0.3, 0.4) is 0 Å². The Labute approximate surface area is 112 Å². The predicted molar refractivity (Wildman–Crippen MR) is 74.4 cm³/mol. The summed E-state index contributed by atoms with van der Waals surface area (Å²) in [5.41, 5.74) is 0.0167. The van der Waals surface area contributed by atoms with E-state index >= 15 is 0 Å². The Hall–Kier alpha value is -0.570. The first-order valence-electron chi connectivity index (χ1n) is 6.96. The summed E-state index contributed by atoms with van der Waals surface area (Å²) in [7, 11) is 1.49. The molecule has 0 heterocycles. The lowest BCUT2D eigenvalue weighted by molar-refractivity contribution is -0.145. The maximum Gasteiger partial charge on any atom is 0.310 e. The number of rotatable bonds is 4. The van der Waals surface area contributed by atoms with Gasteiger partial charge in [0.1, 0.15) is 0 Å². The van der Waals surface area contributed by atoms with Crippen LogP contribution in [0.1, 0.15) is 54.9 Å². The lowest BCUT2D eigenvalue weighted by atomic mass is 9.79. The molecule has 1 rings (SSSR count). The van der Waals surface area contributed by atoms with Crippen molar-refractivity contribution >= 4 is 5.97 Å². The van der Waals surface area contributed by atoms with E-state index in [2.05, 4.69) is 53.4 Å². The molecule has 0 bridgehead atoms. The maximum absolute atomic E-state index is 11.9. The van der Waals surface area contributed by atoms with Crippen molar-refractivity contribution in [1.29, 1.82) is 0 Å². The third-order valence-corrected chi connectivity index (χ3v) is 4.29. The molecule has 0 spiro atoms. The van der Waals surface area contributed by atoms with Gasteiger partial charge >= 0.3 is 5.97 Å². The molecule has 1 fully saturated rings. The van der Waals surface area contributed by atoms with Crippen molar-refractivity contribution < 1.29 is 9.53 Å². The fourth-order valence-electron chi connectivity index (χ4n) is 3.69. The van der Waals surface area contributed by atoms with Gasteiger partial charge in [0.2, 0.25) is 0 Å². The fraction of sp³-hybridized carbons (Fsp3) is 0.933. The molecule has 0 unspecified atom stereocenters. The molecule has 3 heteroatoms. The van der Waals surface area contributed by atoms with Crippen LogP contribution < -0.4 is 0 Å². The van der Waals surface area contributed by atoms with Crippen LogP contribution in [0.5, 0.6) is 0 Å². The van der Waals surface area contributed by atoms with Gasteiger partial charge in [-0.3, -0.25) is 9.69 Å². The Morgan fingerprint density at radius 2 is 1.67 bits per heavy atom. The van der Waals surface area contributed by atoms with Gasteiger partial charge in [-0.2, -0.15) is 0 Å². The van der Waals surface area contributed by atoms with Gasteiger partial charge in [0.25, 0.3) is 0 Å². The van der Waals surface area contributed by atoms with Gasteiger partial charge in [-0.25, -0.2) is 0 Å². The van der Waals surface area contributed by atoms with E-state index in [1.54, 1.807) is 0 Å². The van der Waals surface area contributed by atoms with Crippen molar-refractivity contribution in [2.75, 3.05) is 7.11 Å². The van der Waals surface area contributed by atoms with E-state index < -0.39 is 0 Å². The number of hydrogen-bond acceptors (Lipinski definition) is 3. The van der Waals surface area contributed by atoms with Gasteiger partial charge < -0.3 is 4.74 Å². The molecule has 0 N–H and O–H groups in total. The van der Waals surface area contributed by atoms with Crippen LogP contribution in [0.4, 0.5) is 0 Å². The fourth-order valence-corrected chi connectivity index (χ4v) is 3.69. The van der Waals surface area contributed by atoms with Crippen LogP contribution in [0.15, 0.2) is 0 Å². The van der Waals surface area contributed by atoms with Gasteiger partial charge in [-0.15, -0.1) is 0 Å². The lowest BCUT2D eigenvalue weighted by Crippen LogP contribution is -2.55. The first-order valence-corrected chi connectivity index (χ1v) is 6.96. The second kappa shape index (κ2) is 4.84. The molecule has 0 radical (unpaired) electrons. The second-order valence-electron chi connectivity index (χ2n) is 7.05. The average molecular weight is 255 g/mol. The van der Waals surface area contributed by atoms with Crippen molar-refractivity contribution in [3.05, 3.63) is 0 Å². The quantitative estimate of drug-likeness (QED) is 0.723. The van der Waals surface area contributed by atoms with Gasteiger partial charge in [0.15, 0.2) is 0 Å². The molecule has 0 aromatic carbocycles. The maximum atomic E-state index is 11.9. The minimum Gasteiger partial charge on any atom is -0.469 e. The number of esters is 1. The minimum absolute atomic E-state index is 0.0206. The molecule has 0 aromatic heterocycles. The number of nitrogens with zero attached hydrogens (tertiary/aromatic N) is 1. The summed E-state index contributed by atoms with van der Waals surface area (Å²) in [6.45, 7) is 15.5. The van der Waals surface area contributed by atoms with Crippen LogP contribution in [-0.4, -0.2) is 35.6 Å². The van der Waals surface area contributed by atoms with Crippen LogP contribution in [0.2, 0.25) is 0 Å². The molecule has 106 valence electrons. The zero-order chi connectivity index (χ0) is 14.3. The Bertz CT molecular complexity index is 309. The molecule has 0 aliphatic heterocycles. The molecule has 0 amide bonds. The number of hydrogen-bond donors (Lipinski definition) is 0. The highest BCUT2D eigenvalue weighted by Crippen LogP contribution is 2.60. The summed E-state index contributed by atoms with van der Waals surface area (Å²) >= 11 is 0. The number of carbonyl (C=O) groups is 1. The molecule has 1 saturated carbocycles. The zero-order valence-electron chi connectivity index (χ0n) is 13.2. The van der Waals surface area contributed by atoms with Crippen molar-refractivity contribution in [2.45, 2.75) is 72.5 Å². The van der Waals surface area contributed by atoms with Crippen molar-refractivity contribution in [3.8, 4) is 0 Å². The summed E-state index contributed by atoms with van der Waals surface area (Å²) in [6.07, 6.45) is 0.916. The highest BCUT2D eigenvalue weighted by molar-refractivity contribution is 5.78. The number of carbonyl (C=O) groups excluding carboxylic acids is 1. The molecular formula is C15H29NO2. The van der Waals surface area contributed by atoms with E-state index in [0.29, 0.717) is 12.1 Å². The first kappa shape index (κ1) is 15.5. The third kappa shape index (κ3) is 2.29. The average Bonchev–Trinajstić information content (AvgIpc) is 2.91. The van der Waals surface area contributed by atoms with E-state index in [0.717, 1.165) is 6.42 Å². The van der Waals surface area contributed by atoms with Crippen molar-refractivity contribution in [2.24, 2.45) is 11.3 Å². The molecule has 2 atom stereocenters. The lowest BCUT2D eigenvalue weighted by Gasteiger charge is -2.46. The summed E-state index contributed by atoms with van der Waals surface area (Å²) in [5.74, 6) is -0.0384. The molecule has 0 aromatic rings. The van der Waals surface area contributed by atoms with Crippen LogP contribution in [-0.2, 0) is 9.53 Å². The van der Waals surface area contributed by atoms with Crippen LogP contribution >= 0.6 is 0 Å². The van der Waals surface area contributed by atoms with Crippen molar-refractivity contribution in [3.63, 3.8) is 0 Å². The number of ether oxygens (including phenoxy) is 1. The Balaban J connectivity index is 3.13. The van der Waals surface area contributed by atoms with E-state index in [9.17, 15) is 4.79 Å². The van der Waals surface area contributed by atoms with Crippen LogP contribution in [0, 0.1) is 11.3 Å². The monoisotopic (exact) mass is 255 g/mol. The highest BCUT2D eigenvalue weighted by atomic mass is 16.5. The number of methoxy groups -OCH3 is 1. The van der Waals surface area contributed by atoms with Gasteiger partial charge in [-0.05, 0) is 39.5 Å². The Morgan fingerprint density at radius 3 is 1.94 bits per heavy atom. The normalized spacial score (nSPS) is 28.1. The smallest absolute Gasteiger partial charge is 0.310 e. The largest absolute Gasteiger partial charge is 0.469 e. The van der Waals surface area contributed by atoms with Gasteiger partial charge in [0, 0.05) is 17.6 Å². The summed E-state index contributed by atoms with van der Waals surface area (Å²) in [5, 5.41) is 0. The van der Waals surface area contributed by atoms with E-state index in [-0.39, 0.29) is 22.8 Å². The highest BCUT2D eigenvalue weighted by Gasteiger charge is 2.68. The van der Waals surface area contributed by atoms with E-state index in [4.69, 9.17) is 4.74 Å². The minimum atomic E-state index is -0.0591. The molecule has 1 aliphatic carbocycles. The molecule has 1 aliphatic rings. The molecule has 18 heavy (non-hydrogen) atoms. The summed E-state index contributed by atoms with van der Waals surface area (Å²) in [4.78, 5) is 14.4.